The molecule has 19 heavy (non-hydrogen) atoms. The van der Waals surface area contributed by atoms with Crippen molar-refractivity contribution in [1.29, 1.82) is 0 Å². The van der Waals surface area contributed by atoms with Crippen LogP contribution in [0.2, 0.25) is 0 Å². The van der Waals surface area contributed by atoms with Gasteiger partial charge in [0.15, 0.2) is 15.7 Å². The number of sulfone groups is 1. The predicted molar refractivity (Wildman–Crippen MR) is 71.5 cm³/mol. The van der Waals surface area contributed by atoms with Gasteiger partial charge in [-0.1, -0.05) is 0 Å². The van der Waals surface area contributed by atoms with Crippen molar-refractivity contribution in [2.75, 3.05) is 6.26 Å². The SMILES string of the molecule is CS(=O)(=O)c1ccc(-c2nc3n(n2)CCCC3)cc1. The Kier molecular flexibility index (Phi) is 2.89. The largest absolute Gasteiger partial charge is 0.249 e. The van der Waals surface area contributed by atoms with Gasteiger partial charge in [-0.25, -0.2) is 18.1 Å². The van der Waals surface area contributed by atoms with Crippen LogP contribution in [0.5, 0.6) is 0 Å². The fourth-order valence-corrected chi connectivity index (χ4v) is 2.89. The first-order valence-corrected chi connectivity index (χ1v) is 8.17. The first kappa shape index (κ1) is 12.3. The second-order valence-corrected chi connectivity index (χ2v) is 6.84. The van der Waals surface area contributed by atoms with Crippen molar-refractivity contribution in [3.8, 4) is 11.4 Å². The molecule has 0 N–H and O–H groups in total. The zero-order chi connectivity index (χ0) is 13.5. The Morgan fingerprint density at radius 1 is 1.16 bits per heavy atom. The standard InChI is InChI=1S/C13H15N3O2S/c1-19(17,18)11-7-5-10(6-8-11)13-14-12-4-2-3-9-16(12)15-13/h5-8H,2-4,9H2,1H3. The van der Waals surface area contributed by atoms with Crippen LogP contribution >= 0.6 is 0 Å². The molecule has 3 rings (SSSR count). The van der Waals surface area contributed by atoms with Crippen LogP contribution in [0.4, 0.5) is 0 Å². The molecule has 6 heteroatoms. The van der Waals surface area contributed by atoms with Gasteiger partial charge >= 0.3 is 0 Å². The molecule has 1 aliphatic heterocycles. The molecule has 0 unspecified atom stereocenters. The molecule has 100 valence electrons. The van der Waals surface area contributed by atoms with Crippen LogP contribution < -0.4 is 0 Å². The molecule has 0 fully saturated rings. The molecule has 0 saturated heterocycles. The lowest BCUT2D eigenvalue weighted by atomic mass is 10.2. The number of hydrogen-bond donors (Lipinski definition) is 0. The Balaban J connectivity index is 1.96. The number of aryl methyl sites for hydroxylation is 2. The van der Waals surface area contributed by atoms with Crippen LogP contribution in [-0.2, 0) is 22.8 Å². The lowest BCUT2D eigenvalue weighted by molar-refractivity contribution is 0.480. The molecular formula is C13H15N3O2S. The highest BCUT2D eigenvalue weighted by atomic mass is 32.2. The molecule has 5 nitrogen and oxygen atoms in total. The summed E-state index contributed by atoms with van der Waals surface area (Å²) in [5.74, 6) is 1.70. The smallest absolute Gasteiger partial charge is 0.181 e. The maximum Gasteiger partial charge on any atom is 0.181 e. The molecule has 0 aliphatic carbocycles. The number of benzene rings is 1. The maximum atomic E-state index is 11.4. The van der Waals surface area contributed by atoms with Gasteiger partial charge in [0.2, 0.25) is 0 Å². The van der Waals surface area contributed by atoms with E-state index in [0.717, 1.165) is 37.2 Å². The van der Waals surface area contributed by atoms with E-state index in [1.165, 1.54) is 6.26 Å². The van der Waals surface area contributed by atoms with Crippen molar-refractivity contribution < 1.29 is 8.42 Å². The Bertz CT molecular complexity index is 678. The number of rotatable bonds is 2. The monoisotopic (exact) mass is 277 g/mol. The van der Waals surface area contributed by atoms with E-state index in [9.17, 15) is 8.42 Å². The lowest BCUT2D eigenvalue weighted by Gasteiger charge is -2.09. The minimum Gasteiger partial charge on any atom is -0.249 e. The van der Waals surface area contributed by atoms with Gasteiger partial charge in [0.05, 0.1) is 4.90 Å². The quantitative estimate of drug-likeness (QED) is 0.838. The minimum atomic E-state index is -3.15. The van der Waals surface area contributed by atoms with Crippen molar-refractivity contribution in [2.45, 2.75) is 30.7 Å². The molecule has 1 aliphatic rings. The summed E-state index contributed by atoms with van der Waals surface area (Å²) in [6.45, 7) is 0.920. The summed E-state index contributed by atoms with van der Waals surface area (Å²) in [4.78, 5) is 4.83. The van der Waals surface area contributed by atoms with Crippen molar-refractivity contribution in [3.05, 3.63) is 30.1 Å². The Hall–Kier alpha value is -1.69. The highest BCUT2D eigenvalue weighted by Crippen LogP contribution is 2.21. The van der Waals surface area contributed by atoms with E-state index in [-0.39, 0.29) is 0 Å². The van der Waals surface area contributed by atoms with Crippen LogP contribution in [0.1, 0.15) is 18.7 Å². The average molecular weight is 277 g/mol. The van der Waals surface area contributed by atoms with Crippen molar-refractivity contribution in [2.24, 2.45) is 0 Å². The zero-order valence-electron chi connectivity index (χ0n) is 10.7. The summed E-state index contributed by atoms with van der Waals surface area (Å²) in [6, 6.07) is 6.73. The van der Waals surface area contributed by atoms with Crippen LogP contribution in [0.15, 0.2) is 29.2 Å². The van der Waals surface area contributed by atoms with E-state index >= 15 is 0 Å². The molecule has 2 aromatic rings. The van der Waals surface area contributed by atoms with E-state index in [1.807, 2.05) is 4.68 Å². The molecular weight excluding hydrogens is 262 g/mol. The second kappa shape index (κ2) is 4.45. The number of hydrogen-bond acceptors (Lipinski definition) is 4. The van der Waals surface area contributed by atoms with E-state index in [1.54, 1.807) is 24.3 Å². The third kappa shape index (κ3) is 2.40. The van der Waals surface area contributed by atoms with E-state index < -0.39 is 9.84 Å². The number of aromatic nitrogens is 3. The summed E-state index contributed by atoms with van der Waals surface area (Å²) >= 11 is 0. The summed E-state index contributed by atoms with van der Waals surface area (Å²) in [6.07, 6.45) is 4.47. The molecule has 1 aromatic heterocycles. The first-order valence-electron chi connectivity index (χ1n) is 6.28. The predicted octanol–water partition coefficient (Wildman–Crippen LogP) is 1.68. The normalized spacial score (nSPS) is 15.2. The zero-order valence-corrected chi connectivity index (χ0v) is 11.5. The summed E-state index contributed by atoms with van der Waals surface area (Å²) < 4.78 is 24.8. The van der Waals surface area contributed by atoms with Crippen molar-refractivity contribution in [1.82, 2.24) is 14.8 Å². The summed E-state index contributed by atoms with van der Waals surface area (Å²) in [5.41, 5.74) is 0.856. The van der Waals surface area contributed by atoms with E-state index in [4.69, 9.17) is 0 Å². The van der Waals surface area contributed by atoms with Gasteiger partial charge < -0.3 is 0 Å². The Labute approximate surface area is 112 Å². The fraction of sp³-hybridized carbons (Fsp3) is 0.385. The third-order valence-electron chi connectivity index (χ3n) is 3.31. The van der Waals surface area contributed by atoms with Crippen LogP contribution in [-0.4, -0.2) is 29.4 Å². The Morgan fingerprint density at radius 2 is 1.89 bits per heavy atom. The molecule has 0 spiro atoms. The molecule has 0 atom stereocenters. The maximum absolute atomic E-state index is 11.4. The van der Waals surface area contributed by atoms with Gasteiger partial charge in [-0.05, 0) is 37.1 Å². The topological polar surface area (TPSA) is 64.8 Å². The van der Waals surface area contributed by atoms with E-state index in [0.29, 0.717) is 10.7 Å². The van der Waals surface area contributed by atoms with Gasteiger partial charge in [-0.3, -0.25) is 0 Å². The highest BCUT2D eigenvalue weighted by molar-refractivity contribution is 7.90. The van der Waals surface area contributed by atoms with Gasteiger partial charge in [0.1, 0.15) is 5.82 Å². The highest BCUT2D eigenvalue weighted by Gasteiger charge is 2.15. The number of nitrogens with zero attached hydrogens (tertiary/aromatic N) is 3. The first-order chi connectivity index (χ1) is 9.04. The van der Waals surface area contributed by atoms with Crippen LogP contribution in [0, 0.1) is 0 Å². The van der Waals surface area contributed by atoms with Crippen molar-refractivity contribution in [3.63, 3.8) is 0 Å². The van der Waals surface area contributed by atoms with Gasteiger partial charge in [-0.15, -0.1) is 0 Å². The van der Waals surface area contributed by atoms with Crippen molar-refractivity contribution >= 4 is 9.84 Å². The van der Waals surface area contributed by atoms with Crippen LogP contribution in [0.25, 0.3) is 11.4 Å². The molecule has 0 saturated carbocycles. The molecule has 2 heterocycles. The minimum absolute atomic E-state index is 0.320. The molecule has 1 aromatic carbocycles. The van der Waals surface area contributed by atoms with Crippen LogP contribution in [0.3, 0.4) is 0 Å². The van der Waals surface area contributed by atoms with Gasteiger partial charge in [-0.2, -0.15) is 5.10 Å². The van der Waals surface area contributed by atoms with Gasteiger partial charge in [0, 0.05) is 24.8 Å². The van der Waals surface area contributed by atoms with Gasteiger partial charge in [0.25, 0.3) is 0 Å². The molecule has 0 bridgehead atoms. The average Bonchev–Trinajstić information content (AvgIpc) is 2.81. The van der Waals surface area contributed by atoms with E-state index in [2.05, 4.69) is 10.1 Å². The molecule has 0 amide bonds. The second-order valence-electron chi connectivity index (χ2n) is 4.83. The fourth-order valence-electron chi connectivity index (χ4n) is 2.26. The molecule has 0 radical (unpaired) electrons. The summed E-state index contributed by atoms with van der Waals surface area (Å²) in [5, 5.41) is 4.47. The lowest BCUT2D eigenvalue weighted by Crippen LogP contribution is -2.11. The third-order valence-corrected chi connectivity index (χ3v) is 4.44. The number of fused-ring (bicyclic) bond motifs is 1. The Morgan fingerprint density at radius 3 is 2.53 bits per heavy atom. The summed E-state index contributed by atoms with van der Waals surface area (Å²) in [7, 11) is -3.15.